The number of aliphatic hydroxyl groups is 1. The largest absolute Gasteiger partial charge is 0.388 e. The molecule has 1 aliphatic heterocycles. The summed E-state index contributed by atoms with van der Waals surface area (Å²) in [7, 11) is 2.04. The van der Waals surface area contributed by atoms with Crippen LogP contribution in [0.15, 0.2) is 28.7 Å². The van der Waals surface area contributed by atoms with Crippen LogP contribution >= 0.6 is 15.9 Å². The van der Waals surface area contributed by atoms with E-state index < -0.39 is 5.60 Å². The SMILES string of the molecule is CN(CCC(N)c1cccc(Br)c1)CC1(O)CCOCC1. The fraction of sp³-hybridized carbons (Fsp3) is 0.625. The number of hydrogen-bond donors (Lipinski definition) is 2. The van der Waals surface area contributed by atoms with Crippen molar-refractivity contribution in [2.45, 2.75) is 30.9 Å². The second kappa shape index (κ2) is 7.70. The number of ether oxygens (including phenoxy) is 1. The van der Waals surface area contributed by atoms with E-state index in [1.54, 1.807) is 0 Å². The van der Waals surface area contributed by atoms with Crippen molar-refractivity contribution in [1.29, 1.82) is 0 Å². The van der Waals surface area contributed by atoms with E-state index in [9.17, 15) is 5.11 Å². The summed E-state index contributed by atoms with van der Waals surface area (Å²) in [6.45, 7) is 2.86. The van der Waals surface area contributed by atoms with Gasteiger partial charge in [0.05, 0.1) is 5.60 Å². The Bertz CT molecular complexity index is 450. The monoisotopic (exact) mass is 356 g/mol. The van der Waals surface area contributed by atoms with E-state index >= 15 is 0 Å². The average molecular weight is 357 g/mol. The Morgan fingerprint density at radius 1 is 1.43 bits per heavy atom. The molecule has 21 heavy (non-hydrogen) atoms. The second-order valence-corrected chi connectivity index (χ2v) is 6.94. The van der Waals surface area contributed by atoms with E-state index in [1.165, 1.54) is 0 Å². The number of nitrogens with zero attached hydrogens (tertiary/aromatic N) is 1. The molecule has 1 fully saturated rings. The minimum absolute atomic E-state index is 0.0225. The zero-order chi connectivity index (χ0) is 15.3. The molecular weight excluding hydrogens is 332 g/mol. The summed E-state index contributed by atoms with van der Waals surface area (Å²) in [6, 6.07) is 8.16. The predicted octanol–water partition coefficient (Wildman–Crippen LogP) is 2.31. The molecule has 4 nitrogen and oxygen atoms in total. The maximum Gasteiger partial charge on any atom is 0.0817 e. The van der Waals surface area contributed by atoms with Gasteiger partial charge < -0.3 is 20.5 Å². The summed E-state index contributed by atoms with van der Waals surface area (Å²) in [5.74, 6) is 0. The van der Waals surface area contributed by atoms with Gasteiger partial charge in [0.2, 0.25) is 0 Å². The standard InChI is InChI=1S/C16H25BrN2O2/c1-19(12-16(20)6-9-21-10-7-16)8-5-15(18)13-3-2-4-14(17)11-13/h2-4,11,15,20H,5-10,12,18H2,1H3. The topological polar surface area (TPSA) is 58.7 Å². The minimum atomic E-state index is -0.604. The molecule has 1 aromatic carbocycles. The van der Waals surface area contributed by atoms with Crippen molar-refractivity contribution in [1.82, 2.24) is 4.90 Å². The van der Waals surface area contributed by atoms with Crippen LogP contribution in [0.4, 0.5) is 0 Å². The zero-order valence-electron chi connectivity index (χ0n) is 12.6. The molecule has 0 bridgehead atoms. The summed E-state index contributed by atoms with van der Waals surface area (Å²) >= 11 is 3.47. The molecule has 0 saturated carbocycles. The molecule has 1 saturated heterocycles. The molecule has 0 aromatic heterocycles. The number of halogens is 1. The maximum atomic E-state index is 10.5. The molecule has 1 aromatic rings. The van der Waals surface area contributed by atoms with Crippen molar-refractivity contribution in [3.63, 3.8) is 0 Å². The van der Waals surface area contributed by atoms with Gasteiger partial charge in [0, 0.05) is 43.1 Å². The van der Waals surface area contributed by atoms with Crippen LogP contribution in [-0.2, 0) is 4.74 Å². The Morgan fingerprint density at radius 2 is 2.14 bits per heavy atom. The van der Waals surface area contributed by atoms with Gasteiger partial charge in [0.25, 0.3) is 0 Å². The summed E-state index contributed by atoms with van der Waals surface area (Å²) in [5.41, 5.74) is 6.79. The molecule has 118 valence electrons. The third-order valence-corrected chi connectivity index (χ3v) is 4.58. The Kier molecular flexibility index (Phi) is 6.20. The molecule has 1 atom stereocenters. The van der Waals surface area contributed by atoms with Crippen molar-refractivity contribution in [2.75, 3.05) is 33.4 Å². The van der Waals surface area contributed by atoms with E-state index in [4.69, 9.17) is 10.5 Å². The van der Waals surface area contributed by atoms with Crippen LogP contribution in [0.5, 0.6) is 0 Å². The van der Waals surface area contributed by atoms with Gasteiger partial charge in [-0.05, 0) is 37.7 Å². The van der Waals surface area contributed by atoms with Gasteiger partial charge in [0.1, 0.15) is 0 Å². The molecule has 5 heteroatoms. The van der Waals surface area contributed by atoms with Crippen molar-refractivity contribution in [3.05, 3.63) is 34.3 Å². The minimum Gasteiger partial charge on any atom is -0.388 e. The van der Waals surface area contributed by atoms with E-state index in [-0.39, 0.29) is 6.04 Å². The first-order valence-electron chi connectivity index (χ1n) is 7.48. The third kappa shape index (κ3) is 5.34. The van der Waals surface area contributed by atoms with Crippen LogP contribution in [0.2, 0.25) is 0 Å². The summed E-state index contributed by atoms with van der Waals surface area (Å²) < 4.78 is 6.37. The molecule has 1 heterocycles. The van der Waals surface area contributed by atoms with E-state index in [0.29, 0.717) is 19.8 Å². The second-order valence-electron chi connectivity index (χ2n) is 6.02. The van der Waals surface area contributed by atoms with Gasteiger partial charge in [-0.1, -0.05) is 28.1 Å². The normalized spacial score (nSPS) is 19.7. The summed E-state index contributed by atoms with van der Waals surface area (Å²) in [4.78, 5) is 2.17. The molecule has 0 radical (unpaired) electrons. The Balaban J connectivity index is 1.79. The van der Waals surface area contributed by atoms with Gasteiger partial charge in [0.15, 0.2) is 0 Å². The van der Waals surface area contributed by atoms with Crippen LogP contribution in [-0.4, -0.2) is 49.0 Å². The lowest BCUT2D eigenvalue weighted by molar-refractivity contribution is -0.0770. The molecule has 1 aliphatic rings. The van der Waals surface area contributed by atoms with Crippen LogP contribution in [0, 0.1) is 0 Å². The van der Waals surface area contributed by atoms with Crippen LogP contribution in [0.3, 0.4) is 0 Å². The van der Waals surface area contributed by atoms with Crippen molar-refractivity contribution < 1.29 is 9.84 Å². The number of benzene rings is 1. The number of likely N-dealkylation sites (N-methyl/N-ethyl adjacent to an activating group) is 1. The predicted molar refractivity (Wildman–Crippen MR) is 88.2 cm³/mol. The highest BCUT2D eigenvalue weighted by Crippen LogP contribution is 2.22. The maximum absolute atomic E-state index is 10.5. The highest BCUT2D eigenvalue weighted by atomic mass is 79.9. The lowest BCUT2D eigenvalue weighted by Gasteiger charge is -2.35. The smallest absolute Gasteiger partial charge is 0.0817 e. The lowest BCUT2D eigenvalue weighted by Crippen LogP contribution is -2.46. The zero-order valence-corrected chi connectivity index (χ0v) is 14.2. The summed E-state index contributed by atoms with van der Waals surface area (Å²) in [5, 5.41) is 10.5. The van der Waals surface area contributed by atoms with E-state index in [1.807, 2.05) is 19.2 Å². The Morgan fingerprint density at radius 3 is 2.81 bits per heavy atom. The molecule has 3 N–H and O–H groups in total. The van der Waals surface area contributed by atoms with Gasteiger partial charge in [-0.25, -0.2) is 0 Å². The molecule has 0 spiro atoms. The fourth-order valence-electron chi connectivity index (χ4n) is 2.75. The van der Waals surface area contributed by atoms with Gasteiger partial charge in [-0.15, -0.1) is 0 Å². The lowest BCUT2D eigenvalue weighted by atomic mass is 9.93. The Labute approximate surface area is 135 Å². The molecule has 2 rings (SSSR count). The average Bonchev–Trinajstić information content (AvgIpc) is 2.45. The van der Waals surface area contributed by atoms with E-state index in [0.717, 1.165) is 35.8 Å². The molecule has 1 unspecified atom stereocenters. The first-order chi connectivity index (χ1) is 9.98. The van der Waals surface area contributed by atoms with Gasteiger partial charge in [-0.2, -0.15) is 0 Å². The Hall–Kier alpha value is -0.460. The van der Waals surface area contributed by atoms with Crippen molar-refractivity contribution in [2.24, 2.45) is 5.73 Å². The fourth-order valence-corrected chi connectivity index (χ4v) is 3.17. The number of rotatable bonds is 6. The van der Waals surface area contributed by atoms with Crippen LogP contribution < -0.4 is 5.73 Å². The molecular formula is C16H25BrN2O2. The molecule has 0 amide bonds. The summed E-state index contributed by atoms with van der Waals surface area (Å²) in [6.07, 6.45) is 2.31. The van der Waals surface area contributed by atoms with Crippen LogP contribution in [0.1, 0.15) is 30.9 Å². The number of hydrogen-bond acceptors (Lipinski definition) is 4. The van der Waals surface area contributed by atoms with Crippen molar-refractivity contribution >= 4 is 15.9 Å². The van der Waals surface area contributed by atoms with E-state index in [2.05, 4.69) is 33.0 Å². The third-order valence-electron chi connectivity index (χ3n) is 4.09. The number of nitrogens with two attached hydrogens (primary N) is 1. The molecule has 0 aliphatic carbocycles. The van der Waals surface area contributed by atoms with Crippen molar-refractivity contribution in [3.8, 4) is 0 Å². The quantitative estimate of drug-likeness (QED) is 0.820. The highest BCUT2D eigenvalue weighted by molar-refractivity contribution is 9.10. The highest BCUT2D eigenvalue weighted by Gasteiger charge is 2.30. The van der Waals surface area contributed by atoms with Gasteiger partial charge >= 0.3 is 0 Å². The van der Waals surface area contributed by atoms with Crippen LogP contribution in [0.25, 0.3) is 0 Å². The first kappa shape index (κ1) is 16.9. The first-order valence-corrected chi connectivity index (χ1v) is 8.27. The van der Waals surface area contributed by atoms with Gasteiger partial charge in [-0.3, -0.25) is 0 Å².